The topological polar surface area (TPSA) is 31.2 Å². The molecule has 0 saturated carbocycles. The van der Waals surface area contributed by atoms with E-state index in [0.717, 1.165) is 38.8 Å². The summed E-state index contributed by atoms with van der Waals surface area (Å²) in [7, 11) is 0. The van der Waals surface area contributed by atoms with Crippen molar-refractivity contribution in [3.05, 3.63) is 0 Å². The summed E-state index contributed by atoms with van der Waals surface area (Å²) in [5.74, 6) is 1.47. The minimum Gasteiger partial charge on any atom is -0.299 e. The van der Waals surface area contributed by atoms with Crippen LogP contribution in [0, 0.1) is 11.8 Å². The van der Waals surface area contributed by atoms with E-state index in [-0.39, 0.29) is 0 Å². The van der Waals surface area contributed by atoms with E-state index in [0.29, 0.717) is 17.6 Å². The second-order valence-electron chi connectivity index (χ2n) is 4.70. The molecule has 0 aromatic heterocycles. The lowest BCUT2D eigenvalue weighted by Gasteiger charge is -2.25. The Hall–Kier alpha value is -0.370. The molecule has 1 aliphatic rings. The molecular formula is C13H24NO. The van der Waals surface area contributed by atoms with Crippen molar-refractivity contribution in [2.75, 3.05) is 13.1 Å². The quantitative estimate of drug-likeness (QED) is 0.663. The lowest BCUT2D eigenvalue weighted by atomic mass is 9.84. The molecule has 0 aliphatic carbocycles. The van der Waals surface area contributed by atoms with E-state index in [4.69, 9.17) is 0 Å². The van der Waals surface area contributed by atoms with Gasteiger partial charge in [-0.3, -0.25) is 4.79 Å². The first-order chi connectivity index (χ1) is 7.27. The van der Waals surface area contributed by atoms with E-state index >= 15 is 0 Å². The maximum atomic E-state index is 11.8. The summed E-state index contributed by atoms with van der Waals surface area (Å²) in [5, 5.41) is 4.44. The standard InChI is InChI=1S/C13H24NO/c1-3-6-13(15)12(4-2)9-11-7-5-8-14-10-11/h11-12H,3-10H2,1-2H3. The Kier molecular flexibility index (Phi) is 5.92. The smallest absolute Gasteiger partial charge is 0.135 e. The fraction of sp³-hybridized carbons (Fsp3) is 0.923. The number of carbonyl (C=O) groups excluding carboxylic acids is 1. The second kappa shape index (κ2) is 7.00. The summed E-state index contributed by atoms with van der Waals surface area (Å²) in [6, 6.07) is 0. The molecule has 2 atom stereocenters. The lowest BCUT2D eigenvalue weighted by Crippen LogP contribution is -2.28. The van der Waals surface area contributed by atoms with Crippen molar-refractivity contribution < 1.29 is 4.79 Å². The Morgan fingerprint density at radius 3 is 2.80 bits per heavy atom. The summed E-state index contributed by atoms with van der Waals surface area (Å²) in [6.45, 7) is 6.25. The normalized spacial score (nSPS) is 23.7. The van der Waals surface area contributed by atoms with Crippen LogP contribution in [0.2, 0.25) is 0 Å². The molecule has 2 nitrogen and oxygen atoms in total. The van der Waals surface area contributed by atoms with Crippen molar-refractivity contribution in [2.24, 2.45) is 11.8 Å². The maximum Gasteiger partial charge on any atom is 0.135 e. The molecule has 1 aliphatic heterocycles. The van der Waals surface area contributed by atoms with Crippen molar-refractivity contribution >= 4 is 5.78 Å². The molecule has 2 unspecified atom stereocenters. The molecule has 0 aromatic carbocycles. The van der Waals surface area contributed by atoms with E-state index in [1.807, 2.05) is 0 Å². The molecular weight excluding hydrogens is 186 g/mol. The van der Waals surface area contributed by atoms with E-state index in [1.54, 1.807) is 0 Å². The minimum absolute atomic E-state index is 0.309. The number of hydrogen-bond acceptors (Lipinski definition) is 1. The van der Waals surface area contributed by atoms with Gasteiger partial charge in [0.25, 0.3) is 0 Å². The van der Waals surface area contributed by atoms with Crippen molar-refractivity contribution in [3.63, 3.8) is 0 Å². The van der Waals surface area contributed by atoms with Gasteiger partial charge in [0.15, 0.2) is 0 Å². The Balaban J connectivity index is 2.34. The molecule has 2 heteroatoms. The van der Waals surface area contributed by atoms with Crippen molar-refractivity contribution in [1.29, 1.82) is 0 Å². The van der Waals surface area contributed by atoms with Crippen LogP contribution in [0.15, 0.2) is 0 Å². The Bertz CT molecular complexity index is 185. The maximum absolute atomic E-state index is 11.8. The van der Waals surface area contributed by atoms with Gasteiger partial charge < -0.3 is 0 Å². The number of ketones is 1. The highest BCUT2D eigenvalue weighted by atomic mass is 16.1. The fourth-order valence-electron chi connectivity index (χ4n) is 2.43. The Morgan fingerprint density at radius 1 is 1.47 bits per heavy atom. The molecule has 0 bridgehead atoms. The Morgan fingerprint density at radius 2 is 2.27 bits per heavy atom. The molecule has 1 saturated heterocycles. The third-order valence-electron chi connectivity index (χ3n) is 3.38. The molecule has 1 radical (unpaired) electrons. The van der Waals surface area contributed by atoms with Gasteiger partial charge in [0, 0.05) is 25.4 Å². The molecule has 1 rings (SSSR count). The van der Waals surface area contributed by atoms with Crippen LogP contribution < -0.4 is 5.32 Å². The van der Waals surface area contributed by atoms with E-state index in [9.17, 15) is 4.79 Å². The van der Waals surface area contributed by atoms with Gasteiger partial charge in [0.05, 0.1) is 0 Å². The highest BCUT2D eigenvalue weighted by Crippen LogP contribution is 2.23. The highest BCUT2D eigenvalue weighted by Gasteiger charge is 2.22. The summed E-state index contributed by atoms with van der Waals surface area (Å²) in [6.07, 6.45) is 6.35. The van der Waals surface area contributed by atoms with Crippen molar-refractivity contribution in [3.8, 4) is 0 Å². The highest BCUT2D eigenvalue weighted by molar-refractivity contribution is 5.80. The number of piperidine rings is 1. The van der Waals surface area contributed by atoms with Gasteiger partial charge in [-0.2, -0.15) is 0 Å². The number of rotatable bonds is 6. The van der Waals surface area contributed by atoms with Gasteiger partial charge in [0.1, 0.15) is 5.78 Å². The van der Waals surface area contributed by atoms with Gasteiger partial charge in [-0.15, -0.1) is 0 Å². The first-order valence-corrected chi connectivity index (χ1v) is 6.43. The number of Topliss-reactive ketones (excluding diaryl/α,β-unsaturated/α-hetero) is 1. The molecule has 0 aromatic rings. The van der Waals surface area contributed by atoms with Crippen LogP contribution in [0.5, 0.6) is 0 Å². The molecule has 0 N–H and O–H groups in total. The number of nitrogens with zero attached hydrogens (tertiary/aromatic N) is 1. The van der Waals surface area contributed by atoms with Crippen LogP contribution in [-0.4, -0.2) is 18.9 Å². The monoisotopic (exact) mass is 210 g/mol. The largest absolute Gasteiger partial charge is 0.299 e. The first-order valence-electron chi connectivity index (χ1n) is 6.43. The van der Waals surface area contributed by atoms with E-state index < -0.39 is 0 Å². The molecule has 0 spiro atoms. The predicted molar refractivity (Wildman–Crippen MR) is 62.9 cm³/mol. The molecule has 0 amide bonds. The van der Waals surface area contributed by atoms with E-state index in [1.165, 1.54) is 12.8 Å². The minimum atomic E-state index is 0.309. The number of hydrogen-bond donors (Lipinski definition) is 0. The number of carbonyl (C=O) groups is 1. The second-order valence-corrected chi connectivity index (χ2v) is 4.70. The van der Waals surface area contributed by atoms with Gasteiger partial charge >= 0.3 is 0 Å². The summed E-state index contributed by atoms with van der Waals surface area (Å²) in [5.41, 5.74) is 0. The molecule has 1 fully saturated rings. The van der Waals surface area contributed by atoms with Crippen LogP contribution >= 0.6 is 0 Å². The first kappa shape index (κ1) is 12.7. The summed E-state index contributed by atoms with van der Waals surface area (Å²) >= 11 is 0. The van der Waals surface area contributed by atoms with E-state index in [2.05, 4.69) is 19.2 Å². The third-order valence-corrected chi connectivity index (χ3v) is 3.38. The van der Waals surface area contributed by atoms with Crippen LogP contribution in [0.3, 0.4) is 0 Å². The van der Waals surface area contributed by atoms with Crippen LogP contribution in [0.25, 0.3) is 0 Å². The predicted octanol–water partition coefficient (Wildman–Crippen LogP) is 2.79. The van der Waals surface area contributed by atoms with Crippen LogP contribution in [0.4, 0.5) is 0 Å². The molecule has 15 heavy (non-hydrogen) atoms. The van der Waals surface area contributed by atoms with Gasteiger partial charge in [-0.05, 0) is 38.0 Å². The summed E-state index contributed by atoms with van der Waals surface area (Å²) < 4.78 is 0. The van der Waals surface area contributed by atoms with Crippen LogP contribution in [0.1, 0.15) is 52.4 Å². The van der Waals surface area contributed by atoms with Crippen LogP contribution in [-0.2, 0) is 4.79 Å². The molecule has 87 valence electrons. The lowest BCUT2D eigenvalue weighted by molar-refractivity contribution is -0.123. The zero-order chi connectivity index (χ0) is 11.1. The average Bonchev–Trinajstić information content (AvgIpc) is 2.27. The summed E-state index contributed by atoms with van der Waals surface area (Å²) in [4.78, 5) is 11.8. The van der Waals surface area contributed by atoms with Crippen molar-refractivity contribution in [1.82, 2.24) is 5.32 Å². The van der Waals surface area contributed by atoms with Crippen molar-refractivity contribution in [2.45, 2.75) is 52.4 Å². The van der Waals surface area contributed by atoms with Gasteiger partial charge in [-0.1, -0.05) is 13.8 Å². The average molecular weight is 210 g/mol. The molecule has 1 heterocycles. The zero-order valence-electron chi connectivity index (χ0n) is 10.2. The van der Waals surface area contributed by atoms with Gasteiger partial charge in [-0.25, -0.2) is 5.32 Å². The fourth-order valence-corrected chi connectivity index (χ4v) is 2.43. The zero-order valence-corrected chi connectivity index (χ0v) is 10.2. The SMILES string of the molecule is CCCC(=O)C(CC)CC1CCC[N]C1. The van der Waals surface area contributed by atoms with Gasteiger partial charge in [0.2, 0.25) is 0 Å². The third kappa shape index (κ3) is 4.33. The Labute approximate surface area is 93.8 Å².